The van der Waals surface area contributed by atoms with Gasteiger partial charge in [-0.1, -0.05) is 29.8 Å². The minimum Gasteiger partial charge on any atom is -0.487 e. The second kappa shape index (κ2) is 8.70. The predicted octanol–water partition coefficient (Wildman–Crippen LogP) is 5.77. The number of aliphatic carboxylic acids is 1. The minimum absolute atomic E-state index is 0.0772. The van der Waals surface area contributed by atoms with Gasteiger partial charge < -0.3 is 18.8 Å². The predicted molar refractivity (Wildman–Crippen MR) is 120 cm³/mol. The number of hydrogen-bond acceptors (Lipinski definition) is 4. The van der Waals surface area contributed by atoms with E-state index in [0.717, 1.165) is 33.5 Å². The lowest BCUT2D eigenvalue weighted by atomic mass is 10.1. The summed E-state index contributed by atoms with van der Waals surface area (Å²) in [7, 11) is 0. The first-order chi connectivity index (χ1) is 15.0. The molecule has 2 aromatic heterocycles. The number of hydrogen-bond donors (Lipinski definition) is 1. The van der Waals surface area contributed by atoms with Gasteiger partial charge in [0.2, 0.25) is 11.6 Å². The number of aromatic nitrogens is 2. The van der Waals surface area contributed by atoms with Gasteiger partial charge in [-0.2, -0.15) is 0 Å². The zero-order valence-corrected chi connectivity index (χ0v) is 17.9. The Morgan fingerprint density at radius 2 is 2.06 bits per heavy atom. The number of carboxylic acids is 1. The smallest absolute Gasteiger partial charge is 0.371 e. The second-order valence-electron chi connectivity index (χ2n) is 7.01. The average molecular weight is 437 g/mol. The lowest BCUT2D eigenvalue weighted by molar-refractivity contribution is -0.136. The molecule has 0 atom stereocenters. The summed E-state index contributed by atoms with van der Waals surface area (Å²) in [6.07, 6.45) is 3.50. The van der Waals surface area contributed by atoms with Crippen LogP contribution >= 0.6 is 11.6 Å². The molecule has 4 aromatic rings. The van der Waals surface area contributed by atoms with Crippen LogP contribution in [0.25, 0.3) is 28.4 Å². The molecule has 7 heteroatoms. The van der Waals surface area contributed by atoms with Gasteiger partial charge >= 0.3 is 5.97 Å². The van der Waals surface area contributed by atoms with Crippen molar-refractivity contribution in [3.05, 3.63) is 82.5 Å². The third-order valence-electron chi connectivity index (χ3n) is 4.92. The molecule has 0 aliphatic heterocycles. The lowest BCUT2D eigenvalue weighted by Gasteiger charge is -2.05. The molecule has 0 bridgehead atoms. The summed E-state index contributed by atoms with van der Waals surface area (Å²) in [6, 6.07) is 15.2. The Hall–Kier alpha value is -3.51. The third kappa shape index (κ3) is 4.34. The minimum atomic E-state index is -1.09. The van der Waals surface area contributed by atoms with Crippen LogP contribution in [0.5, 0.6) is 0 Å². The van der Waals surface area contributed by atoms with E-state index < -0.39 is 5.97 Å². The highest BCUT2D eigenvalue weighted by Crippen LogP contribution is 2.29. The Labute approximate surface area is 184 Å². The van der Waals surface area contributed by atoms with Crippen LogP contribution < -0.4 is 0 Å². The molecule has 0 unspecified atom stereocenters. The first-order valence-electron chi connectivity index (χ1n) is 9.84. The number of carboxylic acid groups (broad SMARTS) is 1. The van der Waals surface area contributed by atoms with Crippen LogP contribution in [0.15, 0.2) is 64.9 Å². The third-order valence-corrected chi connectivity index (χ3v) is 5.25. The summed E-state index contributed by atoms with van der Waals surface area (Å²) in [4.78, 5) is 16.0. The summed E-state index contributed by atoms with van der Waals surface area (Å²) >= 11 is 6.28. The number of halogens is 1. The van der Waals surface area contributed by atoms with E-state index >= 15 is 0 Å². The van der Waals surface area contributed by atoms with E-state index in [1.165, 1.54) is 6.08 Å². The van der Waals surface area contributed by atoms with Crippen molar-refractivity contribution in [1.29, 1.82) is 0 Å². The normalized spacial score (nSPS) is 11.8. The van der Waals surface area contributed by atoms with Crippen LogP contribution in [0.1, 0.15) is 23.9 Å². The Morgan fingerprint density at radius 3 is 2.81 bits per heavy atom. The number of rotatable bonds is 7. The van der Waals surface area contributed by atoms with Gasteiger partial charge in [-0.3, -0.25) is 0 Å². The van der Waals surface area contributed by atoms with E-state index in [4.69, 9.17) is 20.8 Å². The second-order valence-corrected chi connectivity index (χ2v) is 7.42. The Kier molecular flexibility index (Phi) is 5.82. The molecule has 0 radical (unpaired) electrons. The molecule has 0 amide bonds. The maximum absolute atomic E-state index is 11.3. The van der Waals surface area contributed by atoms with Gasteiger partial charge in [0.15, 0.2) is 0 Å². The molecule has 1 N–H and O–H groups in total. The quantitative estimate of drug-likeness (QED) is 0.294. The molecule has 2 heterocycles. The molecule has 2 aromatic carbocycles. The summed E-state index contributed by atoms with van der Waals surface area (Å²) in [5.74, 6) is 0.0696. The molecule has 0 saturated carbocycles. The number of ether oxygens (including phenoxy) is 1. The molecule has 6 nitrogen and oxygen atoms in total. The molecule has 0 spiro atoms. The highest BCUT2D eigenvalue weighted by atomic mass is 35.5. The molecule has 0 saturated heterocycles. The zero-order chi connectivity index (χ0) is 22.0. The SMILES string of the molecule is CCO/C(=C/c1ccc2c(ccn2Cc2nc(-c3ccccc3Cl)oc2C)c1)C(=O)O. The zero-order valence-electron chi connectivity index (χ0n) is 17.1. The van der Waals surface area contributed by atoms with Crippen molar-refractivity contribution in [2.75, 3.05) is 6.61 Å². The van der Waals surface area contributed by atoms with E-state index in [9.17, 15) is 9.90 Å². The van der Waals surface area contributed by atoms with Crippen molar-refractivity contribution < 1.29 is 19.1 Å². The molecule has 0 aliphatic carbocycles. The fraction of sp³-hybridized carbons (Fsp3) is 0.167. The summed E-state index contributed by atoms with van der Waals surface area (Å²) < 4.78 is 13.1. The summed E-state index contributed by atoms with van der Waals surface area (Å²) in [5, 5.41) is 10.8. The summed E-state index contributed by atoms with van der Waals surface area (Å²) in [5.41, 5.74) is 3.35. The Morgan fingerprint density at radius 1 is 1.26 bits per heavy atom. The maximum atomic E-state index is 11.3. The largest absolute Gasteiger partial charge is 0.487 e. The average Bonchev–Trinajstić information content (AvgIpc) is 3.31. The van der Waals surface area contributed by atoms with E-state index in [-0.39, 0.29) is 5.76 Å². The van der Waals surface area contributed by atoms with Crippen molar-refractivity contribution in [3.8, 4) is 11.5 Å². The van der Waals surface area contributed by atoms with Gasteiger partial charge in [0.1, 0.15) is 11.5 Å². The van der Waals surface area contributed by atoms with E-state index in [1.54, 1.807) is 6.92 Å². The van der Waals surface area contributed by atoms with Gasteiger partial charge in [0, 0.05) is 17.1 Å². The number of aryl methyl sites for hydroxylation is 1. The summed E-state index contributed by atoms with van der Waals surface area (Å²) in [6.45, 7) is 4.48. The molecule has 4 rings (SSSR count). The van der Waals surface area contributed by atoms with Crippen LogP contribution in [0.3, 0.4) is 0 Å². The van der Waals surface area contributed by atoms with Crippen LogP contribution in [-0.2, 0) is 16.1 Å². The molecule has 31 heavy (non-hydrogen) atoms. The Bertz CT molecular complexity index is 1290. The first-order valence-corrected chi connectivity index (χ1v) is 10.2. The molecule has 0 fully saturated rings. The standard InChI is InChI=1S/C24H21ClN2O4/c1-3-30-22(24(28)29)13-16-8-9-21-17(12-16)10-11-27(21)14-20-15(2)31-23(26-20)18-6-4-5-7-19(18)25/h4-13H,3,14H2,1-2H3,(H,28,29)/b22-13+. The van der Waals surface area contributed by atoms with Gasteiger partial charge in [0.25, 0.3) is 0 Å². The maximum Gasteiger partial charge on any atom is 0.371 e. The topological polar surface area (TPSA) is 77.5 Å². The number of fused-ring (bicyclic) bond motifs is 1. The van der Waals surface area contributed by atoms with Crippen molar-refractivity contribution in [3.63, 3.8) is 0 Å². The van der Waals surface area contributed by atoms with E-state index in [1.807, 2.05) is 61.7 Å². The van der Waals surface area contributed by atoms with E-state index in [2.05, 4.69) is 9.55 Å². The lowest BCUT2D eigenvalue weighted by Crippen LogP contribution is -2.04. The first kappa shape index (κ1) is 20.8. The highest BCUT2D eigenvalue weighted by Gasteiger charge is 2.15. The number of nitrogens with zero attached hydrogens (tertiary/aromatic N) is 2. The highest BCUT2D eigenvalue weighted by molar-refractivity contribution is 6.33. The van der Waals surface area contributed by atoms with Gasteiger partial charge in [-0.05, 0) is 55.8 Å². The van der Waals surface area contributed by atoms with Gasteiger partial charge in [-0.25, -0.2) is 9.78 Å². The fourth-order valence-electron chi connectivity index (χ4n) is 3.40. The number of carbonyl (C=O) groups is 1. The van der Waals surface area contributed by atoms with Crippen LogP contribution in [0.4, 0.5) is 0 Å². The van der Waals surface area contributed by atoms with Gasteiger partial charge in [0.05, 0.1) is 23.7 Å². The molecular formula is C24H21ClN2O4. The monoisotopic (exact) mass is 436 g/mol. The van der Waals surface area contributed by atoms with Crippen LogP contribution in [0.2, 0.25) is 5.02 Å². The van der Waals surface area contributed by atoms with Crippen LogP contribution in [-0.4, -0.2) is 27.2 Å². The van der Waals surface area contributed by atoms with Crippen LogP contribution in [0, 0.1) is 6.92 Å². The van der Waals surface area contributed by atoms with Crippen molar-refractivity contribution >= 4 is 34.5 Å². The molecule has 158 valence electrons. The molecular weight excluding hydrogens is 416 g/mol. The molecule has 0 aliphatic rings. The Balaban J connectivity index is 1.63. The number of benzene rings is 2. The fourth-order valence-corrected chi connectivity index (χ4v) is 3.62. The van der Waals surface area contributed by atoms with Crippen molar-refractivity contribution in [2.45, 2.75) is 20.4 Å². The number of oxazole rings is 1. The van der Waals surface area contributed by atoms with E-state index in [0.29, 0.717) is 24.1 Å². The van der Waals surface area contributed by atoms with Crippen molar-refractivity contribution in [2.24, 2.45) is 0 Å². The van der Waals surface area contributed by atoms with Crippen molar-refractivity contribution in [1.82, 2.24) is 9.55 Å². The van der Waals surface area contributed by atoms with Gasteiger partial charge in [-0.15, -0.1) is 0 Å².